The molecular formula is C28H28N2O7. The SMILES string of the molecule is CN(C)Cc1ccc(-c2ccc(O)c3c2C[C@H]2C[C@H]4CC(=O)C(C(N)=O)C(=O)[C@@]4(O)C(=O)C2C3=O)cc1. The van der Waals surface area contributed by atoms with E-state index in [0.29, 0.717) is 5.56 Å². The maximum atomic E-state index is 13.7. The van der Waals surface area contributed by atoms with E-state index in [0.717, 1.165) is 23.2 Å². The molecule has 2 saturated carbocycles. The van der Waals surface area contributed by atoms with Gasteiger partial charge in [-0.1, -0.05) is 30.3 Å². The van der Waals surface area contributed by atoms with Crippen molar-refractivity contribution in [2.24, 2.45) is 29.4 Å². The highest BCUT2D eigenvalue weighted by Gasteiger charge is 2.66. The van der Waals surface area contributed by atoms with Gasteiger partial charge in [0, 0.05) is 18.9 Å². The predicted octanol–water partition coefficient (Wildman–Crippen LogP) is 1.06. The fraction of sp³-hybridized carbons (Fsp3) is 0.393. The first-order valence-electron chi connectivity index (χ1n) is 12.2. The first-order valence-corrected chi connectivity index (χ1v) is 12.2. The number of carbonyl (C=O) groups excluding carboxylic acids is 5. The average molecular weight is 505 g/mol. The lowest BCUT2D eigenvalue weighted by atomic mass is 9.53. The van der Waals surface area contributed by atoms with Gasteiger partial charge in [-0.15, -0.1) is 0 Å². The molecule has 0 bridgehead atoms. The molecule has 2 unspecified atom stereocenters. The van der Waals surface area contributed by atoms with Crippen molar-refractivity contribution in [3.8, 4) is 16.9 Å². The molecule has 5 atom stereocenters. The van der Waals surface area contributed by atoms with Crippen LogP contribution in [-0.4, -0.2) is 63.8 Å². The molecule has 0 aromatic heterocycles. The normalized spacial score (nSPS) is 29.1. The molecule has 1 amide bonds. The summed E-state index contributed by atoms with van der Waals surface area (Å²) in [5.74, 6) is -10.1. The Hall–Kier alpha value is -3.69. The second-order valence-electron chi connectivity index (χ2n) is 10.7. The molecule has 0 spiro atoms. The van der Waals surface area contributed by atoms with Crippen molar-refractivity contribution in [3.63, 3.8) is 0 Å². The van der Waals surface area contributed by atoms with Crippen LogP contribution in [0.15, 0.2) is 36.4 Å². The molecule has 2 fully saturated rings. The number of benzene rings is 2. The van der Waals surface area contributed by atoms with Crippen LogP contribution in [-0.2, 0) is 32.1 Å². The highest BCUT2D eigenvalue weighted by Crippen LogP contribution is 2.51. The van der Waals surface area contributed by atoms with Gasteiger partial charge in [0.15, 0.2) is 34.7 Å². The fourth-order valence-corrected chi connectivity index (χ4v) is 6.39. The number of phenolic OH excluding ortho intramolecular Hbond substituents is 1. The van der Waals surface area contributed by atoms with Crippen LogP contribution in [0.4, 0.5) is 0 Å². The second-order valence-corrected chi connectivity index (χ2v) is 10.7. The zero-order valence-corrected chi connectivity index (χ0v) is 20.6. The summed E-state index contributed by atoms with van der Waals surface area (Å²) >= 11 is 0. The van der Waals surface area contributed by atoms with Gasteiger partial charge in [0.1, 0.15) is 5.75 Å². The van der Waals surface area contributed by atoms with Crippen molar-refractivity contribution in [2.45, 2.75) is 31.4 Å². The van der Waals surface area contributed by atoms with Gasteiger partial charge in [-0.3, -0.25) is 24.0 Å². The van der Waals surface area contributed by atoms with E-state index in [9.17, 15) is 34.2 Å². The summed E-state index contributed by atoms with van der Waals surface area (Å²) in [5, 5.41) is 21.9. The first kappa shape index (κ1) is 25.0. The number of aliphatic hydroxyl groups is 1. The lowest BCUT2D eigenvalue weighted by Gasteiger charge is -2.48. The van der Waals surface area contributed by atoms with E-state index in [2.05, 4.69) is 0 Å². The molecule has 0 heterocycles. The van der Waals surface area contributed by atoms with Crippen LogP contribution in [0.1, 0.15) is 34.3 Å². The highest BCUT2D eigenvalue weighted by molar-refractivity contribution is 6.31. The Kier molecular flexibility index (Phi) is 5.88. The molecule has 4 N–H and O–H groups in total. The van der Waals surface area contributed by atoms with E-state index < -0.39 is 58.3 Å². The van der Waals surface area contributed by atoms with Crippen molar-refractivity contribution < 1.29 is 34.2 Å². The third kappa shape index (κ3) is 3.72. The molecule has 2 aromatic rings. The third-order valence-corrected chi connectivity index (χ3v) is 8.05. The molecule has 0 saturated heterocycles. The summed E-state index contributed by atoms with van der Waals surface area (Å²) < 4.78 is 0. The number of ketones is 4. The molecule has 3 aliphatic rings. The molecule has 5 rings (SSSR count). The Morgan fingerprint density at radius 2 is 1.70 bits per heavy atom. The number of hydrogen-bond donors (Lipinski definition) is 3. The Morgan fingerprint density at radius 3 is 2.32 bits per heavy atom. The number of nitrogens with two attached hydrogens (primary N) is 1. The number of aromatic hydroxyl groups is 1. The fourth-order valence-electron chi connectivity index (χ4n) is 6.39. The van der Waals surface area contributed by atoms with Gasteiger partial charge in [0.2, 0.25) is 5.91 Å². The number of Topliss-reactive ketones (excluding diaryl/α,β-unsaturated/α-hetero) is 4. The number of hydrogen-bond acceptors (Lipinski definition) is 8. The molecule has 9 nitrogen and oxygen atoms in total. The zero-order valence-electron chi connectivity index (χ0n) is 20.6. The Bertz CT molecular complexity index is 1360. The summed E-state index contributed by atoms with van der Waals surface area (Å²) in [6.45, 7) is 0.761. The van der Waals surface area contributed by atoms with Crippen molar-refractivity contribution in [1.29, 1.82) is 0 Å². The van der Waals surface area contributed by atoms with Gasteiger partial charge >= 0.3 is 0 Å². The maximum absolute atomic E-state index is 13.7. The Labute approximate surface area is 213 Å². The van der Waals surface area contributed by atoms with Gasteiger partial charge in [-0.05, 0) is 61.2 Å². The third-order valence-electron chi connectivity index (χ3n) is 8.05. The van der Waals surface area contributed by atoms with Crippen molar-refractivity contribution in [3.05, 3.63) is 53.1 Å². The van der Waals surface area contributed by atoms with Crippen LogP contribution >= 0.6 is 0 Å². The highest BCUT2D eigenvalue weighted by atomic mass is 16.3. The van der Waals surface area contributed by atoms with Crippen LogP contribution in [0.25, 0.3) is 11.1 Å². The largest absolute Gasteiger partial charge is 0.507 e. The summed E-state index contributed by atoms with van der Waals surface area (Å²) in [7, 11) is 3.95. The summed E-state index contributed by atoms with van der Waals surface area (Å²) in [5.41, 5.74) is 5.86. The molecule has 192 valence electrons. The van der Waals surface area contributed by atoms with Crippen LogP contribution in [0.3, 0.4) is 0 Å². The number of fused-ring (bicyclic) bond motifs is 3. The molecule has 3 aliphatic carbocycles. The number of primary amides is 1. The Balaban J connectivity index is 1.56. The lowest BCUT2D eigenvalue weighted by Crippen LogP contribution is -2.68. The van der Waals surface area contributed by atoms with E-state index in [1.54, 1.807) is 6.07 Å². The molecule has 9 heteroatoms. The lowest BCUT2D eigenvalue weighted by molar-refractivity contribution is -0.175. The van der Waals surface area contributed by atoms with E-state index in [1.807, 2.05) is 43.3 Å². The van der Waals surface area contributed by atoms with Crippen LogP contribution in [0.2, 0.25) is 0 Å². The Morgan fingerprint density at radius 1 is 1.03 bits per heavy atom. The number of phenols is 1. The van der Waals surface area contributed by atoms with Gasteiger partial charge in [0.25, 0.3) is 0 Å². The molecule has 0 aliphatic heterocycles. The quantitative estimate of drug-likeness (QED) is 0.522. The number of rotatable bonds is 4. The number of amides is 1. The van der Waals surface area contributed by atoms with Gasteiger partial charge in [-0.2, -0.15) is 0 Å². The topological polar surface area (TPSA) is 155 Å². The smallest absolute Gasteiger partial charge is 0.235 e. The van der Waals surface area contributed by atoms with Gasteiger partial charge in [-0.25, -0.2) is 0 Å². The van der Waals surface area contributed by atoms with Crippen LogP contribution in [0, 0.1) is 23.7 Å². The summed E-state index contributed by atoms with van der Waals surface area (Å²) in [6.07, 6.45) is -0.0428. The van der Waals surface area contributed by atoms with E-state index in [1.165, 1.54) is 6.07 Å². The minimum Gasteiger partial charge on any atom is -0.507 e. The minimum absolute atomic E-state index is 0.00250. The van der Waals surface area contributed by atoms with E-state index >= 15 is 0 Å². The zero-order chi connectivity index (χ0) is 26.8. The van der Waals surface area contributed by atoms with Crippen LogP contribution in [0.5, 0.6) is 5.75 Å². The molecule has 2 aromatic carbocycles. The predicted molar refractivity (Wildman–Crippen MR) is 131 cm³/mol. The van der Waals surface area contributed by atoms with Crippen molar-refractivity contribution in [1.82, 2.24) is 4.90 Å². The van der Waals surface area contributed by atoms with E-state index in [4.69, 9.17) is 5.73 Å². The number of nitrogens with zero attached hydrogens (tertiary/aromatic N) is 1. The monoisotopic (exact) mass is 504 g/mol. The summed E-state index contributed by atoms with van der Waals surface area (Å²) in [4.78, 5) is 66.6. The molecule has 0 radical (unpaired) electrons. The maximum Gasteiger partial charge on any atom is 0.235 e. The second kappa shape index (κ2) is 8.71. The first-order chi connectivity index (χ1) is 17.4. The summed E-state index contributed by atoms with van der Waals surface area (Å²) in [6, 6.07) is 11.0. The van der Waals surface area contributed by atoms with Crippen molar-refractivity contribution >= 4 is 29.0 Å². The average Bonchev–Trinajstić information content (AvgIpc) is 2.81. The van der Waals surface area contributed by atoms with E-state index in [-0.39, 0.29) is 30.6 Å². The number of carbonyl (C=O) groups is 5. The van der Waals surface area contributed by atoms with Gasteiger partial charge < -0.3 is 20.8 Å². The standard InChI is InChI=1S/C28H28N2O7/c1-30(2)12-13-3-5-14(6-4-13)17-7-8-19(31)22-18(17)10-15-9-16-11-20(32)23(27(29)36)26(35)28(16,37)25(34)21(15)24(22)33/h3-8,15-16,21,23,31,37H,9-12H2,1-2H3,(H2,29,36)/t15-,16+,21?,23?,28+/m1/s1. The van der Waals surface area contributed by atoms with Crippen molar-refractivity contribution in [2.75, 3.05) is 14.1 Å². The van der Waals surface area contributed by atoms with Crippen LogP contribution < -0.4 is 5.73 Å². The minimum atomic E-state index is -2.64. The molecular weight excluding hydrogens is 476 g/mol. The molecule has 37 heavy (non-hydrogen) atoms. The van der Waals surface area contributed by atoms with Gasteiger partial charge in [0.05, 0.1) is 11.5 Å².